The molecule has 0 fully saturated rings. The van der Waals surface area contributed by atoms with Gasteiger partial charge >= 0.3 is 0 Å². The first-order chi connectivity index (χ1) is 11.2. The van der Waals surface area contributed by atoms with E-state index in [0.29, 0.717) is 6.54 Å². The Kier molecular flexibility index (Phi) is 3.45. The maximum absolute atomic E-state index is 13.1. The zero-order valence-electron chi connectivity index (χ0n) is 12.7. The highest BCUT2D eigenvalue weighted by molar-refractivity contribution is 6.23. The molecule has 3 nitrogen and oxygen atoms in total. The Morgan fingerprint density at radius 2 is 1.91 bits per heavy atom. The molecule has 0 spiro atoms. The zero-order valence-corrected chi connectivity index (χ0v) is 12.7. The molecule has 0 saturated carbocycles. The maximum atomic E-state index is 13.1. The van der Waals surface area contributed by atoms with Crippen molar-refractivity contribution in [2.45, 2.75) is 19.4 Å². The summed E-state index contributed by atoms with van der Waals surface area (Å²) >= 11 is 0. The molecule has 0 N–H and O–H groups in total. The van der Waals surface area contributed by atoms with Crippen LogP contribution < -0.4 is 4.90 Å². The highest BCUT2D eigenvalue weighted by atomic mass is 19.1. The van der Waals surface area contributed by atoms with Crippen LogP contribution in [0.15, 0.2) is 53.5 Å². The van der Waals surface area contributed by atoms with Gasteiger partial charge in [-0.15, -0.1) is 0 Å². The lowest BCUT2D eigenvalue weighted by Crippen LogP contribution is -2.46. The fourth-order valence-corrected chi connectivity index (χ4v) is 3.42. The summed E-state index contributed by atoms with van der Waals surface area (Å²) in [6.45, 7) is 1.36. The zero-order chi connectivity index (χ0) is 15.8. The van der Waals surface area contributed by atoms with E-state index in [-0.39, 0.29) is 17.5 Å². The van der Waals surface area contributed by atoms with Gasteiger partial charge in [-0.2, -0.15) is 0 Å². The lowest BCUT2D eigenvalue weighted by atomic mass is 9.85. The van der Waals surface area contributed by atoms with E-state index in [2.05, 4.69) is 9.89 Å². The number of aliphatic imine (C=N–C) groups is 1. The Labute approximate surface area is 134 Å². The Balaban J connectivity index is 1.78. The minimum absolute atomic E-state index is 0.140. The van der Waals surface area contributed by atoms with Crippen LogP contribution in [0, 0.1) is 11.7 Å². The van der Waals surface area contributed by atoms with Gasteiger partial charge in [-0.1, -0.05) is 24.3 Å². The molecule has 116 valence electrons. The molecular weight excluding hydrogens is 291 g/mol. The minimum atomic E-state index is -0.240. The number of nitrogens with zero attached hydrogens (tertiary/aromatic N) is 2. The summed E-state index contributed by atoms with van der Waals surface area (Å²) < 4.78 is 13.1. The number of para-hydroxylation sites is 1. The summed E-state index contributed by atoms with van der Waals surface area (Å²) in [7, 11) is 0. The van der Waals surface area contributed by atoms with E-state index in [0.717, 1.165) is 42.0 Å². The van der Waals surface area contributed by atoms with Gasteiger partial charge in [0, 0.05) is 18.7 Å². The smallest absolute Gasteiger partial charge is 0.175 e. The molecule has 4 rings (SSSR count). The Morgan fingerprint density at radius 3 is 2.74 bits per heavy atom. The van der Waals surface area contributed by atoms with E-state index in [1.165, 1.54) is 12.1 Å². The van der Waals surface area contributed by atoms with Crippen LogP contribution in [0.3, 0.4) is 0 Å². The molecule has 2 aliphatic heterocycles. The second-order valence-corrected chi connectivity index (χ2v) is 6.03. The number of amidine groups is 1. The van der Waals surface area contributed by atoms with E-state index >= 15 is 0 Å². The van der Waals surface area contributed by atoms with E-state index in [1.807, 2.05) is 24.3 Å². The molecule has 23 heavy (non-hydrogen) atoms. The van der Waals surface area contributed by atoms with Crippen molar-refractivity contribution >= 4 is 17.3 Å². The van der Waals surface area contributed by atoms with Crippen molar-refractivity contribution in [2.75, 3.05) is 11.4 Å². The Bertz CT molecular complexity index is 782. The molecule has 0 aliphatic carbocycles. The van der Waals surface area contributed by atoms with Gasteiger partial charge < -0.3 is 4.90 Å². The molecule has 0 radical (unpaired) electrons. The SMILES string of the molecule is O=C1c2ccccc2N(Cc2ccc(F)cc2)C2=NCCC[C@H]12. The number of anilines is 1. The van der Waals surface area contributed by atoms with Crippen molar-refractivity contribution in [1.82, 2.24) is 0 Å². The molecule has 2 aromatic carbocycles. The Hall–Kier alpha value is -2.49. The standard InChI is InChI=1S/C19H17FN2O/c20-14-9-7-13(8-10-14)12-22-17-6-2-1-4-15(17)18(23)16-5-3-11-21-19(16)22/h1-2,4,6-10,16H,3,5,11-12H2/t16-/m1/s1. The van der Waals surface area contributed by atoms with Crippen molar-refractivity contribution < 1.29 is 9.18 Å². The molecule has 2 heterocycles. The topological polar surface area (TPSA) is 32.7 Å². The third-order valence-corrected chi connectivity index (χ3v) is 4.54. The van der Waals surface area contributed by atoms with Crippen LogP contribution >= 0.6 is 0 Å². The normalized spacial score (nSPS) is 19.9. The van der Waals surface area contributed by atoms with Crippen molar-refractivity contribution in [3.05, 3.63) is 65.5 Å². The van der Waals surface area contributed by atoms with Crippen molar-refractivity contribution in [2.24, 2.45) is 10.9 Å². The number of hydrogen-bond acceptors (Lipinski definition) is 3. The number of ketones is 1. The second kappa shape index (κ2) is 5.61. The average Bonchev–Trinajstić information content (AvgIpc) is 2.60. The first kappa shape index (κ1) is 14.1. The molecule has 0 aromatic heterocycles. The summed E-state index contributed by atoms with van der Waals surface area (Å²) in [6, 6.07) is 14.2. The number of hydrogen-bond donors (Lipinski definition) is 0. The minimum Gasteiger partial charge on any atom is -0.324 e. The lowest BCUT2D eigenvalue weighted by molar-refractivity contribution is 0.0943. The lowest BCUT2D eigenvalue weighted by Gasteiger charge is -2.38. The first-order valence-electron chi connectivity index (χ1n) is 7.93. The van der Waals surface area contributed by atoms with Crippen LogP contribution in [0.1, 0.15) is 28.8 Å². The fourth-order valence-electron chi connectivity index (χ4n) is 3.42. The van der Waals surface area contributed by atoms with Crippen molar-refractivity contribution in [3.63, 3.8) is 0 Å². The number of halogens is 1. The van der Waals surface area contributed by atoms with Gasteiger partial charge in [0.2, 0.25) is 0 Å². The van der Waals surface area contributed by atoms with Crippen LogP contribution in [0.2, 0.25) is 0 Å². The van der Waals surface area contributed by atoms with Gasteiger partial charge in [0.25, 0.3) is 0 Å². The molecule has 1 atom stereocenters. The number of fused-ring (bicyclic) bond motifs is 2. The summed E-state index contributed by atoms with van der Waals surface area (Å²) in [6.07, 6.45) is 1.80. The predicted octanol–water partition coefficient (Wildman–Crippen LogP) is 3.84. The molecule has 0 amide bonds. The Morgan fingerprint density at radius 1 is 1.13 bits per heavy atom. The third kappa shape index (κ3) is 2.44. The van der Waals surface area contributed by atoms with E-state index in [1.54, 1.807) is 12.1 Å². The summed E-state index contributed by atoms with van der Waals surface area (Å²) in [5.74, 6) is 0.661. The number of carbonyl (C=O) groups excluding carboxylic acids is 1. The summed E-state index contributed by atoms with van der Waals surface area (Å²) in [5.41, 5.74) is 2.67. The number of carbonyl (C=O) groups is 1. The van der Waals surface area contributed by atoms with Crippen molar-refractivity contribution in [1.29, 1.82) is 0 Å². The van der Waals surface area contributed by atoms with Crippen LogP contribution in [-0.2, 0) is 6.54 Å². The molecule has 0 bridgehead atoms. The van der Waals surface area contributed by atoms with Crippen molar-refractivity contribution in [3.8, 4) is 0 Å². The highest BCUT2D eigenvalue weighted by Gasteiger charge is 2.38. The van der Waals surface area contributed by atoms with Gasteiger partial charge in [0.1, 0.15) is 11.7 Å². The van der Waals surface area contributed by atoms with Crippen LogP contribution in [-0.4, -0.2) is 18.2 Å². The van der Waals surface area contributed by atoms with Crippen LogP contribution in [0.4, 0.5) is 10.1 Å². The van der Waals surface area contributed by atoms with E-state index in [4.69, 9.17) is 0 Å². The largest absolute Gasteiger partial charge is 0.324 e. The summed E-state index contributed by atoms with van der Waals surface area (Å²) in [4.78, 5) is 19.5. The number of Topliss-reactive ketones (excluding diaryl/α,β-unsaturated/α-hetero) is 1. The van der Waals surface area contributed by atoms with E-state index < -0.39 is 0 Å². The van der Waals surface area contributed by atoms with Gasteiger partial charge in [-0.3, -0.25) is 9.79 Å². The van der Waals surface area contributed by atoms with Gasteiger partial charge in [-0.25, -0.2) is 4.39 Å². The van der Waals surface area contributed by atoms with Gasteiger partial charge in [0.15, 0.2) is 5.78 Å². The van der Waals surface area contributed by atoms with Crippen LogP contribution in [0.5, 0.6) is 0 Å². The van der Waals surface area contributed by atoms with Gasteiger partial charge in [0.05, 0.1) is 11.6 Å². The first-order valence-corrected chi connectivity index (χ1v) is 7.93. The molecular formula is C19H17FN2O. The summed E-state index contributed by atoms with van der Waals surface area (Å²) in [5, 5.41) is 0. The highest BCUT2D eigenvalue weighted by Crippen LogP contribution is 2.35. The van der Waals surface area contributed by atoms with Crippen LogP contribution in [0.25, 0.3) is 0 Å². The number of rotatable bonds is 2. The number of benzene rings is 2. The maximum Gasteiger partial charge on any atom is 0.175 e. The second-order valence-electron chi connectivity index (χ2n) is 6.03. The molecule has 0 saturated heterocycles. The van der Waals surface area contributed by atoms with Gasteiger partial charge in [-0.05, 0) is 42.7 Å². The monoisotopic (exact) mass is 308 g/mol. The molecule has 2 aromatic rings. The fraction of sp³-hybridized carbons (Fsp3) is 0.263. The average molecular weight is 308 g/mol. The molecule has 4 heteroatoms. The third-order valence-electron chi connectivity index (χ3n) is 4.54. The van der Waals surface area contributed by atoms with E-state index in [9.17, 15) is 9.18 Å². The molecule has 2 aliphatic rings. The quantitative estimate of drug-likeness (QED) is 0.844. The molecule has 0 unspecified atom stereocenters. The predicted molar refractivity (Wildman–Crippen MR) is 88.4 cm³/mol.